The molecule has 13 heteroatoms. The number of carboxylic acids is 1. The second-order valence-corrected chi connectivity index (χ2v) is 11.1. The van der Waals surface area contributed by atoms with Crippen LogP contribution in [0.2, 0.25) is 0 Å². The van der Waals surface area contributed by atoms with Crippen LogP contribution in [0.15, 0.2) is 77.1 Å². The minimum Gasteiger partial charge on any atom is -0.494 e. The summed E-state index contributed by atoms with van der Waals surface area (Å²) >= 11 is 1.09. The van der Waals surface area contributed by atoms with Gasteiger partial charge in [-0.05, 0) is 53.6 Å². The molecule has 5 rings (SSSR count). The fraction of sp³-hybridized carbons (Fsp3) is 0.0741. The van der Waals surface area contributed by atoms with Crippen molar-refractivity contribution in [1.29, 1.82) is 0 Å². The summed E-state index contributed by atoms with van der Waals surface area (Å²) in [6, 6.07) is 14.4. The van der Waals surface area contributed by atoms with Gasteiger partial charge in [-0.25, -0.2) is 36.8 Å². The highest BCUT2D eigenvalue weighted by atomic mass is 32.2. The van der Waals surface area contributed by atoms with Gasteiger partial charge in [-0.15, -0.1) is 11.3 Å². The monoisotopic (exact) mass is 582 g/mol. The average Bonchev–Trinajstić information content (AvgIpc) is 3.57. The van der Waals surface area contributed by atoms with Crippen molar-refractivity contribution in [2.24, 2.45) is 5.14 Å². The Balaban J connectivity index is 1.61. The molecule has 0 radical (unpaired) electrons. The van der Waals surface area contributed by atoms with Crippen LogP contribution in [-0.4, -0.2) is 41.4 Å². The topological polar surface area (TPSA) is 137 Å². The van der Waals surface area contributed by atoms with Crippen LogP contribution in [0.25, 0.3) is 27.5 Å². The van der Waals surface area contributed by atoms with Gasteiger partial charge < -0.3 is 9.84 Å². The van der Waals surface area contributed by atoms with E-state index in [9.17, 15) is 27.1 Å². The summed E-state index contributed by atoms with van der Waals surface area (Å²) in [5, 5.41) is 20.8. The van der Waals surface area contributed by atoms with Crippen LogP contribution in [0.1, 0.15) is 21.6 Å². The molecule has 9 nitrogen and oxygen atoms in total. The molecule has 0 aliphatic carbocycles. The van der Waals surface area contributed by atoms with Crippen LogP contribution in [0, 0.1) is 11.6 Å². The molecule has 0 saturated carbocycles. The molecule has 0 aliphatic rings. The van der Waals surface area contributed by atoms with Gasteiger partial charge in [-0.1, -0.05) is 18.2 Å². The van der Waals surface area contributed by atoms with Gasteiger partial charge in [0.25, 0.3) is 0 Å². The van der Waals surface area contributed by atoms with Crippen molar-refractivity contribution in [3.63, 3.8) is 0 Å². The lowest BCUT2D eigenvalue weighted by Gasteiger charge is -2.10. The zero-order valence-corrected chi connectivity index (χ0v) is 22.3. The van der Waals surface area contributed by atoms with E-state index < -0.39 is 27.6 Å². The first-order valence-corrected chi connectivity index (χ1v) is 14.0. The Morgan fingerprint density at radius 1 is 1.05 bits per heavy atom. The average molecular weight is 583 g/mol. The highest BCUT2D eigenvalue weighted by Gasteiger charge is 2.19. The van der Waals surface area contributed by atoms with Crippen LogP contribution in [0.3, 0.4) is 0 Å². The second kappa shape index (κ2) is 10.6. The summed E-state index contributed by atoms with van der Waals surface area (Å²) < 4.78 is 58.7. The summed E-state index contributed by atoms with van der Waals surface area (Å²) in [6.45, 7) is 0. The zero-order valence-electron chi connectivity index (χ0n) is 20.7. The fourth-order valence-corrected chi connectivity index (χ4v) is 5.32. The van der Waals surface area contributed by atoms with E-state index in [-0.39, 0.29) is 21.9 Å². The molecule has 40 heavy (non-hydrogen) atoms. The van der Waals surface area contributed by atoms with E-state index in [1.165, 1.54) is 53.6 Å². The van der Waals surface area contributed by atoms with Gasteiger partial charge in [-0.2, -0.15) is 5.10 Å². The molecule has 0 bridgehead atoms. The second-order valence-electron chi connectivity index (χ2n) is 8.68. The lowest BCUT2D eigenvalue weighted by atomic mass is 9.97. The van der Waals surface area contributed by atoms with Gasteiger partial charge in [-0.3, -0.25) is 0 Å². The number of carbonyl (C=O) groups is 1. The number of thiazole rings is 1. The number of nitrogens with zero attached hydrogens (tertiary/aromatic N) is 3. The Kier molecular flexibility index (Phi) is 7.19. The molecule has 0 amide bonds. The molecule has 0 fully saturated rings. The number of aromatic nitrogens is 3. The van der Waals surface area contributed by atoms with Crippen molar-refractivity contribution in [2.45, 2.75) is 11.3 Å². The maximum atomic E-state index is 15.0. The van der Waals surface area contributed by atoms with E-state index >= 15 is 0 Å². The summed E-state index contributed by atoms with van der Waals surface area (Å²) in [5.74, 6) is -2.33. The number of methoxy groups -OCH3 is 1. The largest absolute Gasteiger partial charge is 0.494 e. The standard InChI is InChI=1S/C27H20F2N4O5S2/c1-38-24-12-16(4-9-22(24)29)20-11-17(5-8-21(20)28)25-18(10-15-2-6-19(7-3-15)40(30,36)37)13-33(32-25)27-31-23(14-39-27)26(34)35/h2-9,11-14H,10H2,1H3,(H,34,35)(H2,30,36,37). The number of primary sulfonamides is 1. The minimum atomic E-state index is -3.86. The van der Waals surface area contributed by atoms with Crippen LogP contribution < -0.4 is 9.88 Å². The first-order chi connectivity index (χ1) is 19.0. The lowest BCUT2D eigenvalue weighted by Crippen LogP contribution is -2.11. The Bertz CT molecular complexity index is 1850. The molecule has 0 saturated heterocycles. The van der Waals surface area contributed by atoms with E-state index in [1.807, 2.05) is 0 Å². The Morgan fingerprint density at radius 3 is 2.40 bits per heavy atom. The maximum Gasteiger partial charge on any atom is 0.355 e. The molecule has 0 atom stereocenters. The summed E-state index contributed by atoms with van der Waals surface area (Å²) in [7, 11) is -2.55. The quantitative estimate of drug-likeness (QED) is 0.266. The van der Waals surface area contributed by atoms with Gasteiger partial charge in [0.2, 0.25) is 15.2 Å². The van der Waals surface area contributed by atoms with E-state index in [2.05, 4.69) is 10.1 Å². The van der Waals surface area contributed by atoms with Gasteiger partial charge in [0, 0.05) is 34.7 Å². The molecular formula is C27H20F2N4O5S2. The van der Waals surface area contributed by atoms with E-state index in [0.717, 1.165) is 16.9 Å². The van der Waals surface area contributed by atoms with E-state index in [4.69, 9.17) is 9.88 Å². The van der Waals surface area contributed by atoms with Crippen LogP contribution in [-0.2, 0) is 16.4 Å². The van der Waals surface area contributed by atoms with Crippen molar-refractivity contribution in [3.05, 3.63) is 101 Å². The van der Waals surface area contributed by atoms with Gasteiger partial charge >= 0.3 is 5.97 Å². The van der Waals surface area contributed by atoms with Crippen molar-refractivity contribution >= 4 is 27.3 Å². The molecule has 0 aliphatic heterocycles. The number of ether oxygens (including phenoxy) is 1. The normalized spacial score (nSPS) is 11.5. The molecule has 0 spiro atoms. The molecule has 2 aromatic heterocycles. The Labute approximate surface area is 231 Å². The number of rotatable bonds is 8. The first-order valence-electron chi connectivity index (χ1n) is 11.6. The predicted molar refractivity (Wildman–Crippen MR) is 144 cm³/mol. The first kappa shape index (κ1) is 27.1. The maximum absolute atomic E-state index is 15.0. The number of sulfonamides is 1. The number of hydrogen-bond donors (Lipinski definition) is 2. The number of nitrogens with two attached hydrogens (primary N) is 1. The summed E-state index contributed by atoms with van der Waals surface area (Å²) in [5.41, 5.74) is 2.85. The molecule has 0 unspecified atom stereocenters. The van der Waals surface area contributed by atoms with E-state index in [0.29, 0.717) is 33.9 Å². The number of hydrogen-bond acceptors (Lipinski definition) is 7. The van der Waals surface area contributed by atoms with Gasteiger partial charge in [0.05, 0.1) is 17.7 Å². The molecule has 3 aromatic carbocycles. The van der Waals surface area contributed by atoms with Crippen LogP contribution in [0.5, 0.6) is 5.75 Å². The van der Waals surface area contributed by atoms with Crippen molar-refractivity contribution in [3.8, 4) is 33.3 Å². The lowest BCUT2D eigenvalue weighted by molar-refractivity contribution is 0.0691. The van der Waals surface area contributed by atoms with Gasteiger partial charge in [0.1, 0.15) is 5.82 Å². The number of halogens is 2. The third-order valence-electron chi connectivity index (χ3n) is 6.05. The third kappa shape index (κ3) is 5.47. The fourth-order valence-electron chi connectivity index (χ4n) is 4.09. The molecular weight excluding hydrogens is 562 g/mol. The van der Waals surface area contributed by atoms with Crippen molar-refractivity contribution in [1.82, 2.24) is 14.8 Å². The van der Waals surface area contributed by atoms with Gasteiger partial charge in [0.15, 0.2) is 17.3 Å². The predicted octanol–water partition coefficient (Wildman–Crippen LogP) is 4.89. The SMILES string of the molecule is COc1cc(-c2cc(-c3nn(-c4nc(C(=O)O)cs4)cc3Cc3ccc(S(N)(=O)=O)cc3)ccc2F)ccc1F. The summed E-state index contributed by atoms with van der Waals surface area (Å²) in [4.78, 5) is 15.4. The Hall–Kier alpha value is -4.46. The molecule has 2 heterocycles. The number of aromatic carboxylic acids is 1. The van der Waals surface area contributed by atoms with Crippen LogP contribution >= 0.6 is 11.3 Å². The highest BCUT2D eigenvalue weighted by molar-refractivity contribution is 7.89. The molecule has 5 aromatic rings. The number of benzene rings is 3. The Morgan fingerprint density at radius 2 is 1.75 bits per heavy atom. The van der Waals surface area contributed by atoms with Crippen molar-refractivity contribution < 1.29 is 31.8 Å². The van der Waals surface area contributed by atoms with Crippen molar-refractivity contribution in [2.75, 3.05) is 7.11 Å². The van der Waals surface area contributed by atoms with Crippen LogP contribution in [0.4, 0.5) is 8.78 Å². The molecule has 204 valence electrons. The summed E-state index contributed by atoms with van der Waals surface area (Å²) in [6.07, 6.45) is 1.98. The molecule has 3 N–H and O–H groups in total. The smallest absolute Gasteiger partial charge is 0.355 e. The zero-order chi connectivity index (χ0) is 28.6. The minimum absolute atomic E-state index is 0.0333. The van der Waals surface area contributed by atoms with E-state index in [1.54, 1.807) is 30.5 Å². The number of carboxylic acid groups (broad SMARTS) is 1. The third-order valence-corrected chi connectivity index (χ3v) is 7.81. The highest BCUT2D eigenvalue weighted by Crippen LogP contribution is 2.34.